The Morgan fingerprint density at radius 3 is 2.52 bits per heavy atom. The Kier molecular flexibility index (Phi) is 9.55. The fraction of sp³-hybridized carbons (Fsp3) is 0.474. The van der Waals surface area contributed by atoms with Gasteiger partial charge >= 0.3 is 0 Å². The monoisotopic (exact) mass is 456 g/mol. The highest BCUT2D eigenvalue weighted by molar-refractivity contribution is 14.0. The normalized spacial score (nSPS) is 11.3. The van der Waals surface area contributed by atoms with Crippen molar-refractivity contribution in [1.29, 1.82) is 0 Å². The summed E-state index contributed by atoms with van der Waals surface area (Å²) in [5.41, 5.74) is 3.53. The van der Waals surface area contributed by atoms with Gasteiger partial charge in [-0.25, -0.2) is 0 Å². The van der Waals surface area contributed by atoms with Crippen molar-refractivity contribution in [2.75, 3.05) is 7.05 Å². The number of halogens is 1. The lowest BCUT2D eigenvalue weighted by Gasteiger charge is -2.11. The van der Waals surface area contributed by atoms with E-state index in [0.717, 1.165) is 36.8 Å². The van der Waals surface area contributed by atoms with Crippen LogP contribution in [0.25, 0.3) is 0 Å². The predicted molar refractivity (Wildman–Crippen MR) is 113 cm³/mol. The van der Waals surface area contributed by atoms with Crippen LogP contribution in [0.4, 0.5) is 0 Å². The molecule has 2 rings (SSSR count). The summed E-state index contributed by atoms with van der Waals surface area (Å²) >= 11 is 0. The van der Waals surface area contributed by atoms with Crippen molar-refractivity contribution >= 4 is 29.9 Å². The predicted octanol–water partition coefficient (Wildman–Crippen LogP) is 4.37. The maximum atomic E-state index is 5.43. The van der Waals surface area contributed by atoms with E-state index in [1.54, 1.807) is 7.05 Å². The Morgan fingerprint density at radius 1 is 1.16 bits per heavy atom. The second kappa shape index (κ2) is 11.1. The summed E-state index contributed by atoms with van der Waals surface area (Å²) in [5.74, 6) is 2.05. The number of guanidine groups is 1. The van der Waals surface area contributed by atoms with Gasteiger partial charge in [0.15, 0.2) is 11.7 Å². The van der Waals surface area contributed by atoms with Crippen LogP contribution in [-0.4, -0.2) is 18.2 Å². The third-order valence-corrected chi connectivity index (χ3v) is 4.18. The fourth-order valence-electron chi connectivity index (χ4n) is 2.71. The molecule has 0 aliphatic heterocycles. The second-order valence-electron chi connectivity index (χ2n) is 6.00. The van der Waals surface area contributed by atoms with Crippen molar-refractivity contribution in [3.63, 3.8) is 0 Å². The number of nitrogens with one attached hydrogen (secondary N) is 2. The molecular weight excluding hydrogens is 427 g/mol. The molecule has 6 heteroatoms. The van der Waals surface area contributed by atoms with E-state index >= 15 is 0 Å². The van der Waals surface area contributed by atoms with Crippen LogP contribution in [0.5, 0.6) is 0 Å². The molecular formula is C19H29IN4O. The van der Waals surface area contributed by atoms with E-state index in [2.05, 4.69) is 65.8 Å². The zero-order valence-electron chi connectivity index (χ0n) is 15.5. The molecule has 25 heavy (non-hydrogen) atoms. The van der Waals surface area contributed by atoms with Crippen molar-refractivity contribution in [3.05, 3.63) is 52.9 Å². The SMILES string of the molecule is CCC(CC)c1cc(CNC(=NC)NCc2cccc(C)c2)on1.I. The Hall–Kier alpha value is -1.57. The first-order valence-corrected chi connectivity index (χ1v) is 8.61. The van der Waals surface area contributed by atoms with Crippen LogP contribution in [0.3, 0.4) is 0 Å². The summed E-state index contributed by atoms with van der Waals surface area (Å²) in [6.45, 7) is 7.75. The first kappa shape index (κ1) is 21.5. The van der Waals surface area contributed by atoms with E-state index in [4.69, 9.17) is 4.52 Å². The number of hydrogen-bond donors (Lipinski definition) is 2. The van der Waals surface area contributed by atoms with Crippen molar-refractivity contribution < 1.29 is 4.52 Å². The molecule has 0 spiro atoms. The van der Waals surface area contributed by atoms with E-state index in [9.17, 15) is 0 Å². The Labute approximate surface area is 167 Å². The molecule has 1 heterocycles. The Balaban J connectivity index is 0.00000312. The molecule has 5 nitrogen and oxygen atoms in total. The van der Waals surface area contributed by atoms with Gasteiger partial charge in [-0.1, -0.05) is 48.8 Å². The highest BCUT2D eigenvalue weighted by Gasteiger charge is 2.13. The highest BCUT2D eigenvalue weighted by atomic mass is 127. The van der Waals surface area contributed by atoms with E-state index in [0.29, 0.717) is 12.5 Å². The number of rotatable bonds is 7. The number of nitrogens with zero attached hydrogens (tertiary/aromatic N) is 2. The smallest absolute Gasteiger partial charge is 0.191 e. The summed E-state index contributed by atoms with van der Waals surface area (Å²) in [4.78, 5) is 4.25. The molecule has 2 N–H and O–H groups in total. The van der Waals surface area contributed by atoms with Gasteiger partial charge in [-0.15, -0.1) is 24.0 Å². The topological polar surface area (TPSA) is 62.5 Å². The van der Waals surface area contributed by atoms with Gasteiger partial charge in [0.05, 0.1) is 12.2 Å². The zero-order chi connectivity index (χ0) is 17.4. The van der Waals surface area contributed by atoms with Gasteiger partial charge < -0.3 is 15.2 Å². The summed E-state index contributed by atoms with van der Waals surface area (Å²) in [7, 11) is 1.77. The lowest BCUT2D eigenvalue weighted by atomic mass is 9.99. The molecule has 1 aromatic heterocycles. The van der Waals surface area contributed by atoms with Crippen LogP contribution in [0.2, 0.25) is 0 Å². The summed E-state index contributed by atoms with van der Waals surface area (Å²) in [5, 5.41) is 10.8. The van der Waals surface area contributed by atoms with Crippen LogP contribution < -0.4 is 10.6 Å². The van der Waals surface area contributed by atoms with Crippen LogP contribution in [0, 0.1) is 6.92 Å². The minimum absolute atomic E-state index is 0. The maximum absolute atomic E-state index is 5.43. The van der Waals surface area contributed by atoms with Crippen LogP contribution >= 0.6 is 24.0 Å². The van der Waals surface area contributed by atoms with Crippen molar-refractivity contribution in [1.82, 2.24) is 15.8 Å². The van der Waals surface area contributed by atoms with Crippen molar-refractivity contribution in [3.8, 4) is 0 Å². The number of aliphatic imine (C=N–C) groups is 1. The largest absolute Gasteiger partial charge is 0.359 e. The molecule has 0 radical (unpaired) electrons. The molecule has 0 amide bonds. The Morgan fingerprint density at radius 2 is 1.88 bits per heavy atom. The van der Waals surface area contributed by atoms with E-state index in [-0.39, 0.29) is 24.0 Å². The van der Waals surface area contributed by atoms with E-state index < -0.39 is 0 Å². The number of hydrogen-bond acceptors (Lipinski definition) is 3. The molecule has 0 saturated heterocycles. The Bertz CT molecular complexity index is 665. The van der Waals surface area contributed by atoms with Crippen molar-refractivity contribution in [2.45, 2.75) is 52.6 Å². The molecule has 1 aromatic carbocycles. The van der Waals surface area contributed by atoms with Gasteiger partial charge in [0, 0.05) is 25.6 Å². The molecule has 0 fully saturated rings. The molecule has 0 unspecified atom stereocenters. The quantitative estimate of drug-likeness (QED) is 0.369. The summed E-state index contributed by atoms with van der Waals surface area (Å²) in [6, 6.07) is 10.5. The average molecular weight is 456 g/mol. The van der Waals surface area contributed by atoms with Gasteiger partial charge in [-0.3, -0.25) is 4.99 Å². The van der Waals surface area contributed by atoms with Gasteiger partial charge in [0.1, 0.15) is 0 Å². The molecule has 0 saturated carbocycles. The van der Waals surface area contributed by atoms with E-state index in [1.165, 1.54) is 11.1 Å². The summed E-state index contributed by atoms with van der Waals surface area (Å²) < 4.78 is 5.43. The van der Waals surface area contributed by atoms with Crippen LogP contribution in [0.1, 0.15) is 55.2 Å². The first-order chi connectivity index (χ1) is 11.7. The van der Waals surface area contributed by atoms with Crippen LogP contribution in [0.15, 0.2) is 39.8 Å². The van der Waals surface area contributed by atoms with Gasteiger partial charge in [-0.05, 0) is 25.3 Å². The summed E-state index contributed by atoms with van der Waals surface area (Å²) in [6.07, 6.45) is 2.16. The lowest BCUT2D eigenvalue weighted by Crippen LogP contribution is -2.36. The van der Waals surface area contributed by atoms with Gasteiger partial charge in [0.2, 0.25) is 0 Å². The number of benzene rings is 1. The van der Waals surface area contributed by atoms with Crippen molar-refractivity contribution in [2.24, 2.45) is 4.99 Å². The van der Waals surface area contributed by atoms with E-state index in [1.807, 2.05) is 6.07 Å². The molecule has 2 aromatic rings. The fourth-order valence-corrected chi connectivity index (χ4v) is 2.71. The maximum Gasteiger partial charge on any atom is 0.191 e. The third-order valence-electron chi connectivity index (χ3n) is 4.18. The molecule has 0 bridgehead atoms. The van der Waals surface area contributed by atoms with Gasteiger partial charge in [-0.2, -0.15) is 0 Å². The number of aromatic nitrogens is 1. The standard InChI is InChI=1S/C19H28N4O.HI/c1-5-16(6-2)18-11-17(24-23-18)13-22-19(20-4)21-12-15-9-7-8-14(3)10-15;/h7-11,16H,5-6,12-13H2,1-4H3,(H2,20,21,22);1H. The minimum atomic E-state index is 0. The second-order valence-corrected chi connectivity index (χ2v) is 6.00. The van der Waals surface area contributed by atoms with Crippen LogP contribution in [-0.2, 0) is 13.1 Å². The first-order valence-electron chi connectivity index (χ1n) is 8.61. The highest BCUT2D eigenvalue weighted by Crippen LogP contribution is 2.22. The third kappa shape index (κ3) is 6.68. The van der Waals surface area contributed by atoms with Gasteiger partial charge in [0.25, 0.3) is 0 Å². The minimum Gasteiger partial charge on any atom is -0.359 e. The molecule has 0 aliphatic carbocycles. The molecule has 0 aliphatic rings. The zero-order valence-corrected chi connectivity index (χ0v) is 17.8. The lowest BCUT2D eigenvalue weighted by molar-refractivity contribution is 0.368. The number of aryl methyl sites for hydroxylation is 1. The average Bonchev–Trinajstić information content (AvgIpc) is 3.05. The molecule has 0 atom stereocenters. The molecule has 138 valence electrons.